The van der Waals surface area contributed by atoms with Crippen molar-refractivity contribution >= 4 is 16.7 Å². The van der Waals surface area contributed by atoms with E-state index in [2.05, 4.69) is 16.3 Å². The van der Waals surface area contributed by atoms with Crippen LogP contribution in [0.3, 0.4) is 0 Å². The van der Waals surface area contributed by atoms with E-state index in [0.717, 1.165) is 29.1 Å². The number of rotatable bonds is 2. The predicted octanol–water partition coefficient (Wildman–Crippen LogP) is 3.38. The summed E-state index contributed by atoms with van der Waals surface area (Å²) in [6.07, 6.45) is 0.721. The van der Waals surface area contributed by atoms with Crippen LogP contribution in [0.2, 0.25) is 0 Å². The first-order chi connectivity index (χ1) is 13.7. The molecule has 138 valence electrons. The maximum absolute atomic E-state index is 13.1. The summed E-state index contributed by atoms with van der Waals surface area (Å²) in [5.74, 6) is 1.40. The van der Waals surface area contributed by atoms with Crippen molar-refractivity contribution in [3.8, 4) is 11.3 Å². The Kier molecular flexibility index (Phi) is 3.83. The van der Waals surface area contributed by atoms with E-state index in [1.807, 2.05) is 30.3 Å². The molecule has 5 rings (SSSR count). The number of fused-ring (bicyclic) bond motifs is 2. The molecular formula is C22H17N3O3. The fourth-order valence-electron chi connectivity index (χ4n) is 3.67. The number of aromatic nitrogens is 2. The Labute approximate surface area is 160 Å². The highest BCUT2D eigenvalue weighted by atomic mass is 16.3. The molecule has 0 unspecified atom stereocenters. The molecule has 6 heteroatoms. The number of hydrogen-bond donors (Lipinski definition) is 1. The zero-order valence-corrected chi connectivity index (χ0v) is 15.0. The first-order valence-electron chi connectivity index (χ1n) is 9.14. The molecule has 1 amide bonds. The van der Waals surface area contributed by atoms with Crippen LogP contribution >= 0.6 is 0 Å². The normalized spacial score (nSPS) is 13.5. The summed E-state index contributed by atoms with van der Waals surface area (Å²) in [5.41, 5.74) is 2.10. The van der Waals surface area contributed by atoms with Crippen molar-refractivity contribution in [2.24, 2.45) is 0 Å². The molecule has 2 aromatic carbocycles. The van der Waals surface area contributed by atoms with E-state index >= 15 is 0 Å². The van der Waals surface area contributed by atoms with Crippen molar-refractivity contribution in [1.29, 1.82) is 0 Å². The van der Waals surface area contributed by atoms with Gasteiger partial charge in [-0.05, 0) is 24.1 Å². The van der Waals surface area contributed by atoms with Crippen molar-refractivity contribution in [2.75, 3.05) is 6.54 Å². The number of carbonyl (C=O) groups excluding carboxylic acids is 1. The number of carbonyl (C=O) groups is 1. The van der Waals surface area contributed by atoms with E-state index in [-0.39, 0.29) is 17.2 Å². The van der Waals surface area contributed by atoms with Gasteiger partial charge >= 0.3 is 0 Å². The largest absolute Gasteiger partial charge is 0.459 e. The van der Waals surface area contributed by atoms with Crippen molar-refractivity contribution < 1.29 is 9.21 Å². The lowest BCUT2D eigenvalue weighted by atomic mass is 10.1. The van der Waals surface area contributed by atoms with Crippen LogP contribution in [0.15, 0.2) is 69.9 Å². The van der Waals surface area contributed by atoms with E-state index in [0.29, 0.717) is 23.9 Å². The van der Waals surface area contributed by atoms with Gasteiger partial charge in [-0.15, -0.1) is 0 Å². The third-order valence-corrected chi connectivity index (χ3v) is 5.13. The molecule has 0 radical (unpaired) electrons. The van der Waals surface area contributed by atoms with E-state index in [4.69, 9.17) is 4.42 Å². The first-order valence-corrected chi connectivity index (χ1v) is 9.14. The molecule has 1 N–H and O–H groups in total. The van der Waals surface area contributed by atoms with E-state index in [9.17, 15) is 9.59 Å². The van der Waals surface area contributed by atoms with Gasteiger partial charge in [-0.1, -0.05) is 48.5 Å². The Morgan fingerprint density at radius 2 is 1.79 bits per heavy atom. The second-order valence-corrected chi connectivity index (χ2v) is 6.85. The van der Waals surface area contributed by atoms with Gasteiger partial charge in [0.2, 0.25) is 0 Å². The summed E-state index contributed by atoms with van der Waals surface area (Å²) in [4.78, 5) is 26.8. The molecule has 3 heterocycles. The van der Waals surface area contributed by atoms with Gasteiger partial charge in [-0.25, -0.2) is 5.10 Å². The molecule has 0 spiro atoms. The molecular weight excluding hydrogens is 354 g/mol. The van der Waals surface area contributed by atoms with Gasteiger partial charge in [0, 0.05) is 17.5 Å². The molecule has 4 aromatic rings. The van der Waals surface area contributed by atoms with Crippen LogP contribution in [0.1, 0.15) is 21.8 Å². The summed E-state index contributed by atoms with van der Waals surface area (Å²) >= 11 is 0. The molecule has 0 bridgehead atoms. The number of nitrogens with zero attached hydrogens (tertiary/aromatic N) is 2. The SMILES string of the molecule is O=C(c1n[nH]c(=O)c2ccccc12)N1CCc2cc(-c3ccccc3)oc2C1. The first kappa shape index (κ1) is 16.5. The van der Waals surface area contributed by atoms with Crippen LogP contribution in [0.4, 0.5) is 0 Å². The zero-order valence-electron chi connectivity index (χ0n) is 15.0. The Morgan fingerprint density at radius 1 is 1.04 bits per heavy atom. The second-order valence-electron chi connectivity index (χ2n) is 6.85. The zero-order chi connectivity index (χ0) is 19.1. The quantitative estimate of drug-likeness (QED) is 0.586. The van der Waals surface area contributed by atoms with E-state index in [1.54, 1.807) is 29.2 Å². The van der Waals surface area contributed by atoms with Gasteiger partial charge in [0.05, 0.1) is 11.9 Å². The highest BCUT2D eigenvalue weighted by Gasteiger charge is 2.27. The molecule has 2 aromatic heterocycles. The van der Waals surface area contributed by atoms with Crippen LogP contribution in [0.5, 0.6) is 0 Å². The maximum Gasteiger partial charge on any atom is 0.275 e. The number of furan rings is 1. The minimum Gasteiger partial charge on any atom is -0.459 e. The van der Waals surface area contributed by atoms with Gasteiger partial charge < -0.3 is 9.32 Å². The van der Waals surface area contributed by atoms with Crippen molar-refractivity contribution in [3.63, 3.8) is 0 Å². The summed E-state index contributed by atoms with van der Waals surface area (Å²) in [7, 11) is 0. The number of H-pyrrole nitrogens is 1. The third kappa shape index (κ3) is 2.70. The molecule has 0 aliphatic carbocycles. The predicted molar refractivity (Wildman–Crippen MR) is 105 cm³/mol. The Hall–Kier alpha value is -3.67. The number of aromatic amines is 1. The van der Waals surface area contributed by atoms with E-state index in [1.165, 1.54) is 0 Å². The molecule has 28 heavy (non-hydrogen) atoms. The number of amides is 1. The standard InChI is InChI=1S/C22H17N3O3/c26-21-17-9-5-4-8-16(17)20(23-24-21)22(27)25-11-10-15-12-18(28-19(15)13-25)14-6-2-1-3-7-14/h1-9,12H,10-11,13H2,(H,24,26). The fraction of sp³-hybridized carbons (Fsp3) is 0.136. The highest BCUT2D eigenvalue weighted by Crippen LogP contribution is 2.30. The Bertz CT molecular complexity index is 1240. The lowest BCUT2D eigenvalue weighted by Crippen LogP contribution is -2.36. The highest BCUT2D eigenvalue weighted by molar-refractivity contribution is 6.04. The molecule has 0 saturated heterocycles. The van der Waals surface area contributed by atoms with Crippen LogP contribution in [0.25, 0.3) is 22.1 Å². The topological polar surface area (TPSA) is 79.2 Å². The average molecular weight is 371 g/mol. The molecule has 0 fully saturated rings. The molecule has 1 aliphatic heterocycles. The number of nitrogens with one attached hydrogen (secondary N) is 1. The van der Waals surface area contributed by atoms with Gasteiger partial charge in [0.1, 0.15) is 11.5 Å². The van der Waals surface area contributed by atoms with Gasteiger partial charge in [0.25, 0.3) is 11.5 Å². The second kappa shape index (κ2) is 6.49. The Morgan fingerprint density at radius 3 is 2.61 bits per heavy atom. The van der Waals surface area contributed by atoms with Crippen molar-refractivity contribution in [1.82, 2.24) is 15.1 Å². The lowest BCUT2D eigenvalue weighted by Gasteiger charge is -2.25. The fourth-order valence-corrected chi connectivity index (χ4v) is 3.67. The molecule has 0 saturated carbocycles. The van der Waals surface area contributed by atoms with Gasteiger partial charge in [-0.2, -0.15) is 5.10 Å². The minimum atomic E-state index is -0.299. The van der Waals surface area contributed by atoms with Crippen molar-refractivity contribution in [2.45, 2.75) is 13.0 Å². The van der Waals surface area contributed by atoms with Crippen LogP contribution in [-0.2, 0) is 13.0 Å². The molecule has 1 aliphatic rings. The average Bonchev–Trinajstić information content (AvgIpc) is 3.18. The summed E-state index contributed by atoms with van der Waals surface area (Å²) < 4.78 is 6.04. The van der Waals surface area contributed by atoms with Gasteiger partial charge in [-0.3, -0.25) is 9.59 Å². The number of hydrogen-bond acceptors (Lipinski definition) is 4. The molecule has 0 atom stereocenters. The monoisotopic (exact) mass is 371 g/mol. The van der Waals surface area contributed by atoms with Crippen LogP contribution in [-0.4, -0.2) is 27.5 Å². The summed E-state index contributed by atoms with van der Waals surface area (Å²) in [6, 6.07) is 19.0. The minimum absolute atomic E-state index is 0.212. The van der Waals surface area contributed by atoms with Crippen LogP contribution < -0.4 is 5.56 Å². The maximum atomic E-state index is 13.1. The summed E-state index contributed by atoms with van der Waals surface area (Å²) in [6.45, 7) is 0.963. The Balaban J connectivity index is 1.47. The van der Waals surface area contributed by atoms with Gasteiger partial charge in [0.15, 0.2) is 5.69 Å². The third-order valence-electron chi connectivity index (χ3n) is 5.13. The molecule has 6 nitrogen and oxygen atoms in total. The van der Waals surface area contributed by atoms with E-state index < -0.39 is 0 Å². The van der Waals surface area contributed by atoms with Crippen molar-refractivity contribution in [3.05, 3.63) is 88.0 Å². The number of benzene rings is 2. The summed E-state index contributed by atoms with van der Waals surface area (Å²) in [5, 5.41) is 7.48. The smallest absolute Gasteiger partial charge is 0.275 e. The lowest BCUT2D eigenvalue weighted by molar-refractivity contribution is 0.0715. The van der Waals surface area contributed by atoms with Crippen LogP contribution in [0, 0.1) is 0 Å².